The summed E-state index contributed by atoms with van der Waals surface area (Å²) in [6.45, 7) is 0. The van der Waals surface area contributed by atoms with Gasteiger partial charge in [0.25, 0.3) is 0 Å². The first kappa shape index (κ1) is 19.0. The molecule has 0 unspecified atom stereocenters. The molecule has 0 radical (unpaired) electrons. The molecule has 10 aromatic rings. The van der Waals surface area contributed by atoms with E-state index in [0.717, 1.165) is 38.6 Å². The van der Waals surface area contributed by atoms with Gasteiger partial charge in [-0.1, -0.05) is 127 Å². The summed E-state index contributed by atoms with van der Waals surface area (Å²) in [5.41, 5.74) is 3.23. The maximum atomic E-state index is 9.79. The van der Waals surface area contributed by atoms with Crippen LogP contribution in [0.2, 0.25) is 0 Å². The first-order valence-electron chi connectivity index (χ1n) is 21.2. The third kappa shape index (κ3) is 4.47. The van der Waals surface area contributed by atoms with Crippen LogP contribution in [0.5, 0.6) is 0 Å². The highest BCUT2D eigenvalue weighted by Gasteiger charge is 2.22. The second-order valence-corrected chi connectivity index (χ2v) is 12.6. The number of hydrogen-bond donors (Lipinski definition) is 0. The third-order valence-corrected chi connectivity index (χ3v) is 9.89. The number of fused-ring (bicyclic) bond motifs is 8. The van der Waals surface area contributed by atoms with Gasteiger partial charge < -0.3 is 9.32 Å². The molecule has 8 aromatic carbocycles. The maximum absolute atomic E-state index is 9.79. The Kier molecular flexibility index (Phi) is 4.35. The molecule has 0 aliphatic heterocycles. The van der Waals surface area contributed by atoms with Crippen molar-refractivity contribution in [3.8, 4) is 22.3 Å². The monoisotopic (exact) mass is 654 g/mol. The number of benzene rings is 8. The Morgan fingerprint density at radius 3 is 2.18 bits per heavy atom. The zero-order valence-electron chi connectivity index (χ0n) is 36.7. The summed E-state index contributed by atoms with van der Waals surface area (Å²) in [6, 6.07) is 29.3. The molecule has 0 spiro atoms. The SMILES string of the molecule is [2H]c1c([2H])c(N(c2ccccc2-c2ccccc2)c2cccc3oc4c5ccccc5ccc4c23)c([2H])c([2H])c1-c1c([2H])c([2H])c([2H])c2sc3c([2H])c([2H])c([2H])c([2H])c3c12. The molecule has 10 rings (SSSR count). The molecule has 0 aliphatic rings. The Labute approximate surface area is 303 Å². The fraction of sp³-hybridized carbons (Fsp3) is 0. The van der Waals surface area contributed by atoms with Crippen LogP contribution in [0, 0.1) is 0 Å². The van der Waals surface area contributed by atoms with E-state index in [4.69, 9.17) is 14.0 Å². The van der Waals surface area contributed by atoms with Crippen LogP contribution in [-0.2, 0) is 0 Å². The fourth-order valence-electron chi connectivity index (χ4n) is 6.71. The zero-order valence-corrected chi connectivity index (χ0v) is 26.5. The van der Waals surface area contributed by atoms with Crippen LogP contribution in [0.15, 0.2) is 180 Å². The number of anilines is 3. The molecule has 0 bridgehead atoms. The van der Waals surface area contributed by atoms with Gasteiger partial charge in [-0.15, -0.1) is 11.3 Å². The molecular formula is C46H29NOS. The summed E-state index contributed by atoms with van der Waals surface area (Å²) in [6.07, 6.45) is 0. The smallest absolute Gasteiger partial charge is 0.143 e. The maximum Gasteiger partial charge on any atom is 0.143 e. The van der Waals surface area contributed by atoms with Gasteiger partial charge in [0, 0.05) is 42.2 Å². The van der Waals surface area contributed by atoms with Crippen molar-refractivity contribution in [2.75, 3.05) is 4.90 Å². The van der Waals surface area contributed by atoms with Crippen LogP contribution in [0.25, 0.3) is 75.1 Å². The molecule has 2 heterocycles. The van der Waals surface area contributed by atoms with Crippen LogP contribution in [0.4, 0.5) is 17.1 Å². The van der Waals surface area contributed by atoms with Gasteiger partial charge in [0.1, 0.15) is 11.2 Å². The third-order valence-electron chi connectivity index (χ3n) is 8.87. The van der Waals surface area contributed by atoms with Gasteiger partial charge >= 0.3 is 0 Å². The number of hydrogen-bond acceptors (Lipinski definition) is 3. The second-order valence-electron chi connectivity index (χ2n) is 11.6. The number of nitrogens with zero attached hydrogens (tertiary/aromatic N) is 1. The van der Waals surface area contributed by atoms with Gasteiger partial charge in [0.2, 0.25) is 0 Å². The first-order chi connectivity index (χ1) is 28.9. The van der Waals surface area contributed by atoms with Crippen LogP contribution < -0.4 is 4.90 Å². The van der Waals surface area contributed by atoms with Crippen molar-refractivity contribution < 1.29 is 19.5 Å². The topological polar surface area (TPSA) is 16.4 Å². The van der Waals surface area contributed by atoms with Gasteiger partial charge in [-0.2, -0.15) is 0 Å². The second kappa shape index (κ2) is 11.2. The molecule has 3 heteroatoms. The quantitative estimate of drug-likeness (QED) is 0.184. The van der Waals surface area contributed by atoms with Crippen molar-refractivity contribution in [3.63, 3.8) is 0 Å². The summed E-state index contributed by atoms with van der Waals surface area (Å²) in [5.74, 6) is 0. The molecule has 0 N–H and O–H groups in total. The van der Waals surface area contributed by atoms with E-state index in [0.29, 0.717) is 27.9 Å². The standard InChI is InChI=1S/C46H29NOS/c1-2-12-30(13-3-1)34-15-6-8-19-39(34)47(40-20-11-21-41-45(40)38-29-26-31-14-4-5-16-36(31)46(38)48-41)33-27-24-32(25-28-33)35-18-10-23-43-44(35)37-17-7-9-22-42(37)49-43/h1-29H/i7D,9D,10D,17D,18D,22D,23D,24D,25D,27D,28D. The molecule has 49 heavy (non-hydrogen) atoms. The van der Waals surface area contributed by atoms with Crippen LogP contribution in [0.1, 0.15) is 15.1 Å². The molecule has 0 atom stereocenters. The summed E-state index contributed by atoms with van der Waals surface area (Å²) in [7, 11) is 0. The fourth-order valence-corrected chi connectivity index (χ4v) is 7.68. The minimum Gasteiger partial charge on any atom is -0.455 e. The van der Waals surface area contributed by atoms with Gasteiger partial charge in [0.05, 0.1) is 31.8 Å². The average Bonchev–Trinajstić information content (AvgIpc) is 3.87. The summed E-state index contributed by atoms with van der Waals surface area (Å²) in [5, 5.41) is 3.34. The predicted octanol–water partition coefficient (Wildman–Crippen LogP) is 13.9. The zero-order chi connectivity index (χ0) is 41.9. The van der Waals surface area contributed by atoms with E-state index in [-0.39, 0.29) is 49.1 Å². The highest BCUT2D eigenvalue weighted by atomic mass is 32.1. The molecule has 0 aliphatic carbocycles. The Morgan fingerprint density at radius 2 is 1.27 bits per heavy atom. The molecule has 0 saturated heterocycles. The number of para-hydroxylation sites is 1. The summed E-state index contributed by atoms with van der Waals surface area (Å²) >= 11 is 0.874. The van der Waals surface area contributed by atoms with E-state index < -0.39 is 54.4 Å². The van der Waals surface area contributed by atoms with Crippen molar-refractivity contribution >= 4 is 81.3 Å². The van der Waals surface area contributed by atoms with Gasteiger partial charge in [0.15, 0.2) is 0 Å². The molecule has 2 nitrogen and oxygen atoms in total. The summed E-state index contributed by atoms with van der Waals surface area (Å²) in [4.78, 5) is 1.72. The van der Waals surface area contributed by atoms with Crippen LogP contribution in [-0.4, -0.2) is 0 Å². The molecule has 0 saturated carbocycles. The van der Waals surface area contributed by atoms with E-state index in [1.165, 1.54) is 0 Å². The van der Waals surface area contributed by atoms with Gasteiger partial charge in [-0.3, -0.25) is 0 Å². The lowest BCUT2D eigenvalue weighted by Gasteiger charge is -2.28. The summed E-state index contributed by atoms with van der Waals surface area (Å²) < 4.78 is 107. The molecule has 230 valence electrons. The lowest BCUT2D eigenvalue weighted by atomic mass is 9.98. The molecular weight excluding hydrogens is 615 g/mol. The minimum absolute atomic E-state index is 0.00897. The lowest BCUT2D eigenvalue weighted by Crippen LogP contribution is -2.11. The molecule has 0 amide bonds. The van der Waals surface area contributed by atoms with Crippen molar-refractivity contribution in [2.24, 2.45) is 0 Å². The van der Waals surface area contributed by atoms with E-state index >= 15 is 0 Å². The van der Waals surface area contributed by atoms with Crippen molar-refractivity contribution in [2.45, 2.75) is 0 Å². The van der Waals surface area contributed by atoms with Crippen molar-refractivity contribution in [1.29, 1.82) is 0 Å². The Hall–Kier alpha value is -6.16. The van der Waals surface area contributed by atoms with Crippen LogP contribution >= 0.6 is 11.3 Å². The normalized spacial score (nSPS) is 14.8. The lowest BCUT2D eigenvalue weighted by molar-refractivity contribution is 0.672. The van der Waals surface area contributed by atoms with E-state index in [9.17, 15) is 5.48 Å². The number of thiophene rings is 1. The molecule has 2 aromatic heterocycles. The highest BCUT2D eigenvalue weighted by molar-refractivity contribution is 7.25. The Morgan fingerprint density at radius 1 is 0.490 bits per heavy atom. The highest BCUT2D eigenvalue weighted by Crippen LogP contribution is 2.47. The van der Waals surface area contributed by atoms with Crippen molar-refractivity contribution in [1.82, 2.24) is 0 Å². The predicted molar refractivity (Wildman–Crippen MR) is 210 cm³/mol. The number of rotatable bonds is 5. The Bertz CT molecular complexity index is 3440. The van der Waals surface area contributed by atoms with Crippen LogP contribution in [0.3, 0.4) is 0 Å². The molecule has 0 fully saturated rings. The van der Waals surface area contributed by atoms with E-state index in [1.54, 1.807) is 4.90 Å². The number of furan rings is 1. The van der Waals surface area contributed by atoms with E-state index in [1.807, 2.05) is 109 Å². The Balaban J connectivity index is 1.33. The van der Waals surface area contributed by atoms with E-state index in [2.05, 4.69) is 0 Å². The van der Waals surface area contributed by atoms with Gasteiger partial charge in [-0.05, 0) is 70.5 Å². The largest absolute Gasteiger partial charge is 0.455 e. The average molecular weight is 655 g/mol. The first-order valence-corrected chi connectivity index (χ1v) is 16.5. The minimum atomic E-state index is -0.554. The van der Waals surface area contributed by atoms with Gasteiger partial charge in [-0.25, -0.2) is 0 Å². The van der Waals surface area contributed by atoms with Crippen molar-refractivity contribution in [3.05, 3.63) is 176 Å².